The molecule has 1 saturated heterocycles. The van der Waals surface area contributed by atoms with Gasteiger partial charge in [-0.2, -0.15) is 0 Å². The van der Waals surface area contributed by atoms with Crippen LogP contribution < -0.4 is 5.32 Å². The predicted molar refractivity (Wildman–Crippen MR) is 108 cm³/mol. The van der Waals surface area contributed by atoms with Crippen LogP contribution in [0.2, 0.25) is 0 Å². The summed E-state index contributed by atoms with van der Waals surface area (Å²) >= 11 is 0. The van der Waals surface area contributed by atoms with Crippen molar-refractivity contribution in [2.45, 2.75) is 47.0 Å². The summed E-state index contributed by atoms with van der Waals surface area (Å²) in [6, 6.07) is 0. The molecule has 1 atom stereocenters. The molecule has 0 aliphatic carbocycles. The molecule has 1 rings (SSSR count). The van der Waals surface area contributed by atoms with Crippen molar-refractivity contribution in [3.05, 3.63) is 0 Å². The molecular formula is C17H37IN4. The fourth-order valence-electron chi connectivity index (χ4n) is 3.26. The van der Waals surface area contributed by atoms with E-state index in [1.807, 2.05) is 7.05 Å². The summed E-state index contributed by atoms with van der Waals surface area (Å²) in [7, 11) is 1.91. The minimum absolute atomic E-state index is 0. The van der Waals surface area contributed by atoms with E-state index >= 15 is 0 Å². The fraction of sp³-hybridized carbons (Fsp3) is 0.941. The van der Waals surface area contributed by atoms with E-state index in [0.717, 1.165) is 44.0 Å². The van der Waals surface area contributed by atoms with E-state index in [-0.39, 0.29) is 24.0 Å². The maximum absolute atomic E-state index is 4.46. The van der Waals surface area contributed by atoms with Crippen LogP contribution in [0.15, 0.2) is 4.99 Å². The molecule has 1 unspecified atom stereocenters. The second kappa shape index (κ2) is 12.4. The Morgan fingerprint density at radius 2 is 2.00 bits per heavy atom. The lowest BCUT2D eigenvalue weighted by atomic mass is 9.97. The quantitative estimate of drug-likeness (QED) is 0.281. The maximum atomic E-state index is 4.46. The average Bonchev–Trinajstić information content (AvgIpc) is 2.90. The first kappa shape index (κ1) is 22.0. The number of guanidine groups is 1. The molecule has 1 N–H and O–H groups in total. The van der Waals surface area contributed by atoms with Gasteiger partial charge in [0.05, 0.1) is 0 Å². The van der Waals surface area contributed by atoms with E-state index in [4.69, 9.17) is 0 Å². The van der Waals surface area contributed by atoms with Gasteiger partial charge in [0.15, 0.2) is 5.96 Å². The Morgan fingerprint density at radius 3 is 2.55 bits per heavy atom. The standard InChI is InChI=1S/C17H36N4.HI/c1-6-20(7-2)11-8-10-19-17(18-5)21-12-9-16(14-21)13-15(3)4;/h15-16H,6-14H2,1-5H3,(H,18,19);1H. The van der Waals surface area contributed by atoms with E-state index < -0.39 is 0 Å². The van der Waals surface area contributed by atoms with E-state index in [1.165, 1.54) is 32.4 Å². The molecule has 0 aromatic heterocycles. The summed E-state index contributed by atoms with van der Waals surface area (Å²) in [4.78, 5) is 9.36. The van der Waals surface area contributed by atoms with Gasteiger partial charge in [-0.3, -0.25) is 4.99 Å². The van der Waals surface area contributed by atoms with Gasteiger partial charge in [0.2, 0.25) is 0 Å². The number of halogens is 1. The minimum atomic E-state index is 0. The SMILES string of the molecule is CCN(CC)CCCNC(=NC)N1CCC(CC(C)C)C1.I. The second-order valence-corrected chi connectivity index (χ2v) is 6.58. The normalized spacial score (nSPS) is 19.0. The predicted octanol–water partition coefficient (Wildman–Crippen LogP) is 3.28. The molecule has 1 heterocycles. The monoisotopic (exact) mass is 424 g/mol. The van der Waals surface area contributed by atoms with Gasteiger partial charge in [-0.25, -0.2) is 0 Å². The second-order valence-electron chi connectivity index (χ2n) is 6.58. The third kappa shape index (κ3) is 7.99. The summed E-state index contributed by atoms with van der Waals surface area (Å²) in [5.41, 5.74) is 0. The molecule has 22 heavy (non-hydrogen) atoms. The Morgan fingerprint density at radius 1 is 1.32 bits per heavy atom. The van der Waals surface area contributed by atoms with E-state index in [9.17, 15) is 0 Å². The zero-order chi connectivity index (χ0) is 15.7. The first-order valence-corrected chi connectivity index (χ1v) is 8.78. The third-order valence-electron chi connectivity index (χ3n) is 4.43. The molecule has 5 heteroatoms. The number of likely N-dealkylation sites (tertiary alicyclic amines) is 1. The Kier molecular flexibility index (Phi) is 12.4. The highest BCUT2D eigenvalue weighted by atomic mass is 127. The summed E-state index contributed by atoms with van der Waals surface area (Å²) in [5.74, 6) is 2.75. The highest BCUT2D eigenvalue weighted by Crippen LogP contribution is 2.23. The highest BCUT2D eigenvalue weighted by molar-refractivity contribution is 14.0. The Hall–Kier alpha value is -0.0400. The van der Waals surface area contributed by atoms with Crippen LogP contribution in [0.3, 0.4) is 0 Å². The van der Waals surface area contributed by atoms with E-state index in [1.54, 1.807) is 0 Å². The van der Waals surface area contributed by atoms with Crippen LogP contribution >= 0.6 is 24.0 Å². The summed E-state index contributed by atoms with van der Waals surface area (Å²) in [6.45, 7) is 15.9. The van der Waals surface area contributed by atoms with Gasteiger partial charge in [-0.15, -0.1) is 24.0 Å². The lowest BCUT2D eigenvalue weighted by molar-refractivity contribution is 0.299. The summed E-state index contributed by atoms with van der Waals surface area (Å²) in [5, 5.41) is 3.54. The Balaban J connectivity index is 0.00000441. The number of aliphatic imine (C=N–C) groups is 1. The maximum Gasteiger partial charge on any atom is 0.193 e. The average molecular weight is 424 g/mol. The van der Waals surface area contributed by atoms with Crippen LogP contribution in [0.5, 0.6) is 0 Å². The third-order valence-corrected chi connectivity index (χ3v) is 4.43. The molecule has 0 radical (unpaired) electrons. The highest BCUT2D eigenvalue weighted by Gasteiger charge is 2.25. The molecule has 0 bridgehead atoms. The van der Waals surface area contributed by atoms with Crippen molar-refractivity contribution in [3.8, 4) is 0 Å². The Bertz CT molecular complexity index is 303. The molecule has 0 amide bonds. The van der Waals surface area contributed by atoms with Gasteiger partial charge < -0.3 is 15.1 Å². The van der Waals surface area contributed by atoms with Gasteiger partial charge >= 0.3 is 0 Å². The van der Waals surface area contributed by atoms with Crippen LogP contribution in [0.25, 0.3) is 0 Å². The zero-order valence-corrected chi connectivity index (χ0v) is 17.6. The summed E-state index contributed by atoms with van der Waals surface area (Å²) in [6.07, 6.45) is 3.84. The summed E-state index contributed by atoms with van der Waals surface area (Å²) < 4.78 is 0. The zero-order valence-electron chi connectivity index (χ0n) is 15.3. The van der Waals surface area contributed by atoms with Crippen molar-refractivity contribution in [1.82, 2.24) is 15.1 Å². The molecule has 132 valence electrons. The van der Waals surface area contributed by atoms with Crippen molar-refractivity contribution in [2.24, 2.45) is 16.8 Å². The first-order chi connectivity index (χ1) is 10.1. The van der Waals surface area contributed by atoms with Gasteiger partial charge in [0.25, 0.3) is 0 Å². The lowest BCUT2D eigenvalue weighted by Gasteiger charge is -2.23. The minimum Gasteiger partial charge on any atom is -0.356 e. The van der Waals surface area contributed by atoms with E-state index in [0.29, 0.717) is 0 Å². The van der Waals surface area contributed by atoms with Gasteiger partial charge in [-0.1, -0.05) is 27.7 Å². The van der Waals surface area contributed by atoms with Crippen LogP contribution in [0.4, 0.5) is 0 Å². The molecular weight excluding hydrogens is 387 g/mol. The van der Waals surface area contributed by atoms with Crippen molar-refractivity contribution in [1.29, 1.82) is 0 Å². The Labute approximate surface area is 155 Å². The molecule has 1 aliphatic rings. The number of nitrogens with one attached hydrogen (secondary N) is 1. The smallest absolute Gasteiger partial charge is 0.193 e. The molecule has 4 nitrogen and oxygen atoms in total. The molecule has 0 aromatic rings. The van der Waals surface area contributed by atoms with Crippen molar-refractivity contribution in [2.75, 3.05) is 46.3 Å². The topological polar surface area (TPSA) is 30.9 Å². The van der Waals surface area contributed by atoms with Gasteiger partial charge in [-0.05, 0) is 50.7 Å². The van der Waals surface area contributed by atoms with Crippen LogP contribution in [0, 0.1) is 11.8 Å². The van der Waals surface area contributed by atoms with Crippen LogP contribution in [0.1, 0.15) is 47.0 Å². The van der Waals surface area contributed by atoms with Crippen LogP contribution in [-0.2, 0) is 0 Å². The largest absolute Gasteiger partial charge is 0.356 e. The first-order valence-electron chi connectivity index (χ1n) is 8.78. The number of rotatable bonds is 8. The lowest BCUT2D eigenvalue weighted by Crippen LogP contribution is -2.41. The molecule has 0 saturated carbocycles. The van der Waals surface area contributed by atoms with Crippen LogP contribution in [-0.4, -0.2) is 62.1 Å². The number of nitrogens with zero attached hydrogens (tertiary/aromatic N) is 3. The van der Waals surface area contributed by atoms with E-state index in [2.05, 4.69) is 47.8 Å². The fourth-order valence-corrected chi connectivity index (χ4v) is 3.26. The molecule has 1 aliphatic heterocycles. The van der Waals surface area contributed by atoms with Crippen molar-refractivity contribution in [3.63, 3.8) is 0 Å². The molecule has 0 spiro atoms. The van der Waals surface area contributed by atoms with Crippen molar-refractivity contribution >= 4 is 29.9 Å². The van der Waals surface area contributed by atoms with Crippen molar-refractivity contribution < 1.29 is 0 Å². The molecule has 0 aromatic carbocycles. The molecule has 1 fully saturated rings. The van der Waals surface area contributed by atoms with Gasteiger partial charge in [0.1, 0.15) is 0 Å². The van der Waals surface area contributed by atoms with Gasteiger partial charge in [0, 0.05) is 26.7 Å². The number of hydrogen-bond acceptors (Lipinski definition) is 2. The number of hydrogen-bond donors (Lipinski definition) is 1.